The van der Waals surface area contributed by atoms with E-state index in [0.29, 0.717) is 18.1 Å². The molecule has 0 aromatic heterocycles. The van der Waals surface area contributed by atoms with Crippen LogP contribution in [-0.2, 0) is 16.1 Å². The third-order valence-corrected chi connectivity index (χ3v) is 3.58. The fourth-order valence-electron chi connectivity index (χ4n) is 2.56. The highest BCUT2D eigenvalue weighted by Gasteiger charge is 2.43. The van der Waals surface area contributed by atoms with Crippen LogP contribution in [0.25, 0.3) is 0 Å². The van der Waals surface area contributed by atoms with Gasteiger partial charge in [-0.2, -0.15) is 0 Å². The van der Waals surface area contributed by atoms with E-state index in [1.165, 1.54) is 24.8 Å². The maximum atomic E-state index is 5.77. The Morgan fingerprint density at radius 1 is 1.12 bits per heavy atom. The zero-order chi connectivity index (χ0) is 10.8. The molecule has 1 aliphatic heterocycles. The molecular weight excluding hydrogens is 200 g/mol. The van der Waals surface area contributed by atoms with Gasteiger partial charge in [0.05, 0.1) is 18.8 Å². The van der Waals surface area contributed by atoms with Crippen LogP contribution in [0.3, 0.4) is 0 Å². The van der Waals surface area contributed by atoms with E-state index in [-0.39, 0.29) is 0 Å². The second-order valence-electron chi connectivity index (χ2n) is 4.89. The van der Waals surface area contributed by atoms with Crippen LogP contribution in [-0.4, -0.2) is 18.8 Å². The van der Waals surface area contributed by atoms with Gasteiger partial charge in [0.2, 0.25) is 0 Å². The number of hydrogen-bond donors (Lipinski definition) is 0. The van der Waals surface area contributed by atoms with Crippen molar-refractivity contribution in [2.45, 2.75) is 38.1 Å². The van der Waals surface area contributed by atoms with Gasteiger partial charge in [0.1, 0.15) is 0 Å². The van der Waals surface area contributed by atoms with Gasteiger partial charge in [0, 0.05) is 6.61 Å². The lowest BCUT2D eigenvalue weighted by atomic mass is 9.90. The molecule has 2 nitrogen and oxygen atoms in total. The monoisotopic (exact) mass is 218 g/mol. The molecule has 1 saturated carbocycles. The lowest BCUT2D eigenvalue weighted by Gasteiger charge is -2.18. The lowest BCUT2D eigenvalue weighted by molar-refractivity contribution is 0.0765. The van der Waals surface area contributed by atoms with E-state index in [1.807, 2.05) is 6.07 Å². The predicted molar refractivity (Wildman–Crippen MR) is 62.1 cm³/mol. The highest BCUT2D eigenvalue weighted by Crippen LogP contribution is 2.39. The molecule has 2 heteroatoms. The number of benzene rings is 1. The molecule has 86 valence electrons. The van der Waals surface area contributed by atoms with Crippen LogP contribution in [0.4, 0.5) is 0 Å². The Morgan fingerprint density at radius 2 is 2.00 bits per heavy atom. The van der Waals surface area contributed by atoms with Gasteiger partial charge in [0.25, 0.3) is 0 Å². The number of rotatable bonds is 4. The summed E-state index contributed by atoms with van der Waals surface area (Å²) >= 11 is 0. The number of ether oxygens (including phenoxy) is 2. The van der Waals surface area contributed by atoms with Crippen molar-refractivity contribution in [2.24, 2.45) is 5.92 Å². The Hall–Kier alpha value is -0.860. The Kier molecular flexibility index (Phi) is 2.94. The molecule has 0 unspecified atom stereocenters. The van der Waals surface area contributed by atoms with Crippen LogP contribution in [0.2, 0.25) is 0 Å². The van der Waals surface area contributed by atoms with Crippen molar-refractivity contribution in [3.8, 4) is 0 Å². The first-order chi connectivity index (χ1) is 7.92. The van der Waals surface area contributed by atoms with Crippen LogP contribution in [0.5, 0.6) is 0 Å². The van der Waals surface area contributed by atoms with E-state index in [0.717, 1.165) is 13.2 Å². The van der Waals surface area contributed by atoms with Crippen molar-refractivity contribution < 1.29 is 9.47 Å². The molecule has 0 spiro atoms. The van der Waals surface area contributed by atoms with Gasteiger partial charge >= 0.3 is 0 Å². The Morgan fingerprint density at radius 3 is 2.81 bits per heavy atom. The molecule has 0 bridgehead atoms. The summed E-state index contributed by atoms with van der Waals surface area (Å²) in [6, 6.07) is 10.4. The molecule has 2 fully saturated rings. The zero-order valence-corrected chi connectivity index (χ0v) is 9.47. The van der Waals surface area contributed by atoms with Crippen molar-refractivity contribution in [1.82, 2.24) is 0 Å². The first kappa shape index (κ1) is 10.3. The highest BCUT2D eigenvalue weighted by atomic mass is 16.6. The normalized spacial score (nSPS) is 32.1. The fraction of sp³-hybridized carbons (Fsp3) is 0.571. The third-order valence-electron chi connectivity index (χ3n) is 3.58. The average Bonchev–Trinajstić information content (AvgIpc) is 3.09. The molecule has 3 atom stereocenters. The van der Waals surface area contributed by atoms with E-state index in [2.05, 4.69) is 24.3 Å². The van der Waals surface area contributed by atoms with Crippen molar-refractivity contribution in [3.63, 3.8) is 0 Å². The second kappa shape index (κ2) is 4.56. The number of fused-ring (bicyclic) bond motifs is 1. The van der Waals surface area contributed by atoms with Crippen molar-refractivity contribution in [1.29, 1.82) is 0 Å². The molecule has 1 aromatic carbocycles. The van der Waals surface area contributed by atoms with Gasteiger partial charge in [-0.25, -0.2) is 0 Å². The number of epoxide rings is 1. The van der Waals surface area contributed by atoms with Crippen LogP contribution in [0.15, 0.2) is 30.3 Å². The SMILES string of the molecule is c1ccc(COC[C@@H]2CC[C@@H]3O[C@@H]3C2)cc1. The second-order valence-corrected chi connectivity index (χ2v) is 4.89. The largest absolute Gasteiger partial charge is 0.376 e. The molecule has 1 aromatic rings. The molecule has 0 N–H and O–H groups in total. The summed E-state index contributed by atoms with van der Waals surface area (Å²) in [5, 5.41) is 0. The lowest BCUT2D eigenvalue weighted by Crippen LogP contribution is -2.18. The van der Waals surface area contributed by atoms with Crippen LogP contribution < -0.4 is 0 Å². The average molecular weight is 218 g/mol. The Labute approximate surface area is 96.6 Å². The van der Waals surface area contributed by atoms with E-state index in [4.69, 9.17) is 9.47 Å². The highest BCUT2D eigenvalue weighted by molar-refractivity contribution is 5.13. The van der Waals surface area contributed by atoms with E-state index in [1.54, 1.807) is 0 Å². The molecule has 1 heterocycles. The molecule has 3 rings (SSSR count). The summed E-state index contributed by atoms with van der Waals surface area (Å²) < 4.78 is 11.3. The smallest absolute Gasteiger partial charge is 0.0845 e. The molecule has 16 heavy (non-hydrogen) atoms. The van der Waals surface area contributed by atoms with Crippen LogP contribution in [0, 0.1) is 5.92 Å². The molecular formula is C14H18O2. The van der Waals surface area contributed by atoms with Crippen molar-refractivity contribution >= 4 is 0 Å². The topological polar surface area (TPSA) is 21.8 Å². The molecule has 2 aliphatic rings. The first-order valence-corrected chi connectivity index (χ1v) is 6.19. The number of hydrogen-bond acceptors (Lipinski definition) is 2. The van der Waals surface area contributed by atoms with Gasteiger partial charge in [-0.05, 0) is 30.7 Å². The quantitative estimate of drug-likeness (QED) is 0.725. The fourth-order valence-corrected chi connectivity index (χ4v) is 2.56. The summed E-state index contributed by atoms with van der Waals surface area (Å²) in [6.45, 7) is 1.63. The minimum absolute atomic E-state index is 0.569. The zero-order valence-electron chi connectivity index (χ0n) is 9.47. The standard InChI is InChI=1S/C14H18O2/c1-2-4-11(5-3-1)9-15-10-12-6-7-13-14(8-12)16-13/h1-5,12-14H,6-10H2/t12-,13+,14-/m1/s1. The van der Waals surface area contributed by atoms with Gasteiger partial charge in [-0.1, -0.05) is 30.3 Å². The Bertz CT molecular complexity index is 336. The van der Waals surface area contributed by atoms with Gasteiger partial charge in [-0.3, -0.25) is 0 Å². The first-order valence-electron chi connectivity index (χ1n) is 6.19. The Balaban J connectivity index is 1.40. The van der Waals surface area contributed by atoms with Crippen molar-refractivity contribution in [3.05, 3.63) is 35.9 Å². The third kappa shape index (κ3) is 2.45. The molecule has 0 radical (unpaired) electrons. The van der Waals surface area contributed by atoms with Crippen LogP contribution >= 0.6 is 0 Å². The maximum absolute atomic E-state index is 5.77. The van der Waals surface area contributed by atoms with E-state index >= 15 is 0 Å². The summed E-state index contributed by atoms with van der Waals surface area (Å²) in [5.74, 6) is 0.715. The van der Waals surface area contributed by atoms with Crippen LogP contribution in [0.1, 0.15) is 24.8 Å². The van der Waals surface area contributed by atoms with E-state index < -0.39 is 0 Å². The molecule has 0 amide bonds. The van der Waals surface area contributed by atoms with Crippen molar-refractivity contribution in [2.75, 3.05) is 6.61 Å². The summed E-state index contributed by atoms with van der Waals surface area (Å²) in [7, 11) is 0. The summed E-state index contributed by atoms with van der Waals surface area (Å²) in [5.41, 5.74) is 1.26. The van der Waals surface area contributed by atoms with E-state index in [9.17, 15) is 0 Å². The van der Waals surface area contributed by atoms with Gasteiger partial charge in [0.15, 0.2) is 0 Å². The molecule has 1 saturated heterocycles. The minimum Gasteiger partial charge on any atom is -0.376 e. The maximum Gasteiger partial charge on any atom is 0.0845 e. The predicted octanol–water partition coefficient (Wildman–Crippen LogP) is 2.77. The van der Waals surface area contributed by atoms with Gasteiger partial charge in [-0.15, -0.1) is 0 Å². The summed E-state index contributed by atoms with van der Waals surface area (Å²) in [6.07, 6.45) is 4.89. The summed E-state index contributed by atoms with van der Waals surface area (Å²) in [4.78, 5) is 0. The van der Waals surface area contributed by atoms with Gasteiger partial charge < -0.3 is 9.47 Å². The minimum atomic E-state index is 0.569. The molecule has 1 aliphatic carbocycles.